The van der Waals surface area contributed by atoms with E-state index in [0.29, 0.717) is 13.2 Å². The van der Waals surface area contributed by atoms with Crippen molar-refractivity contribution in [1.29, 1.82) is 0 Å². The minimum absolute atomic E-state index is 0.659. The average molecular weight is 507 g/mol. The number of ether oxygens (including phenoxy) is 2. The molecule has 0 saturated carbocycles. The van der Waals surface area contributed by atoms with Crippen molar-refractivity contribution in [1.82, 2.24) is 9.80 Å². The molecule has 4 aromatic rings. The van der Waals surface area contributed by atoms with Gasteiger partial charge in [-0.1, -0.05) is 84.9 Å². The predicted molar refractivity (Wildman–Crippen MR) is 159 cm³/mol. The Labute approximate surface area is 227 Å². The average Bonchev–Trinajstić information content (AvgIpc) is 2.93. The first-order chi connectivity index (χ1) is 18.5. The molecule has 0 N–H and O–H groups in total. The smallest absolute Gasteiger partial charge is 0.119 e. The topological polar surface area (TPSA) is 24.9 Å². The van der Waals surface area contributed by atoms with Crippen molar-refractivity contribution in [3.8, 4) is 11.5 Å². The fourth-order valence-corrected chi connectivity index (χ4v) is 4.25. The molecule has 0 bridgehead atoms. The molecule has 0 aliphatic heterocycles. The lowest BCUT2D eigenvalue weighted by molar-refractivity contribution is 0.261. The van der Waals surface area contributed by atoms with E-state index in [-0.39, 0.29) is 0 Å². The minimum atomic E-state index is 0.659. The molecule has 0 atom stereocenters. The van der Waals surface area contributed by atoms with Crippen molar-refractivity contribution >= 4 is 11.1 Å². The Bertz CT molecular complexity index is 1180. The predicted octanol–water partition coefficient (Wildman–Crippen LogP) is 6.57. The van der Waals surface area contributed by atoms with Crippen molar-refractivity contribution in [2.75, 3.05) is 54.5 Å². The van der Waals surface area contributed by atoms with Crippen LogP contribution in [0.15, 0.2) is 109 Å². The third-order valence-electron chi connectivity index (χ3n) is 6.28. The normalized spacial score (nSPS) is 11.9. The maximum Gasteiger partial charge on any atom is 0.119 e. The molecule has 196 valence electrons. The molecule has 4 nitrogen and oxygen atoms in total. The van der Waals surface area contributed by atoms with E-state index in [0.717, 1.165) is 35.7 Å². The molecule has 0 radical (unpaired) electrons. The van der Waals surface area contributed by atoms with Gasteiger partial charge in [0.2, 0.25) is 0 Å². The number of likely N-dealkylation sites (N-methyl/N-ethyl adjacent to an activating group) is 2. The van der Waals surface area contributed by atoms with Crippen LogP contribution in [0.25, 0.3) is 11.1 Å². The van der Waals surface area contributed by atoms with Crippen molar-refractivity contribution < 1.29 is 9.47 Å². The van der Waals surface area contributed by atoms with Crippen molar-refractivity contribution in [2.24, 2.45) is 0 Å². The summed E-state index contributed by atoms with van der Waals surface area (Å²) < 4.78 is 11.9. The van der Waals surface area contributed by atoms with E-state index in [1.54, 1.807) is 0 Å². The standard InChI is InChI=1S/C34H38N2O2/c1-35(2)23-25-37-31-19-15-29(16-20-31)33(27-11-7-5-8-12-27)34(28-13-9-6-10-14-28)30-17-21-32(22-18-30)38-26-24-36(3)4/h5-22H,23-26H2,1-4H3. The van der Waals surface area contributed by atoms with Crippen molar-refractivity contribution in [3.63, 3.8) is 0 Å². The van der Waals surface area contributed by atoms with Crippen LogP contribution in [-0.2, 0) is 0 Å². The monoisotopic (exact) mass is 506 g/mol. The molecule has 0 aromatic heterocycles. The molecule has 4 aromatic carbocycles. The maximum atomic E-state index is 5.97. The van der Waals surface area contributed by atoms with Gasteiger partial charge in [0.25, 0.3) is 0 Å². The Balaban J connectivity index is 1.78. The lowest BCUT2D eigenvalue weighted by Gasteiger charge is -2.19. The Morgan fingerprint density at radius 1 is 0.447 bits per heavy atom. The summed E-state index contributed by atoms with van der Waals surface area (Å²) in [7, 11) is 8.21. The van der Waals surface area contributed by atoms with E-state index in [9.17, 15) is 0 Å². The first-order valence-corrected chi connectivity index (χ1v) is 13.1. The Morgan fingerprint density at radius 3 is 1.08 bits per heavy atom. The molecule has 4 rings (SSSR count). The van der Waals surface area contributed by atoms with Crippen LogP contribution in [0.1, 0.15) is 22.3 Å². The van der Waals surface area contributed by atoms with Crippen LogP contribution >= 0.6 is 0 Å². The highest BCUT2D eigenvalue weighted by atomic mass is 16.5. The Hall–Kier alpha value is -3.86. The van der Waals surface area contributed by atoms with E-state index in [4.69, 9.17) is 9.47 Å². The second-order valence-corrected chi connectivity index (χ2v) is 9.83. The lowest BCUT2D eigenvalue weighted by Crippen LogP contribution is -2.19. The fourth-order valence-electron chi connectivity index (χ4n) is 4.25. The SMILES string of the molecule is CN(C)CCOc1ccc(C(=C(c2ccccc2)c2ccc(OCCN(C)C)cc2)c2ccccc2)cc1. The second kappa shape index (κ2) is 13.6. The third-order valence-corrected chi connectivity index (χ3v) is 6.28. The summed E-state index contributed by atoms with van der Waals surface area (Å²) >= 11 is 0. The van der Waals surface area contributed by atoms with Gasteiger partial charge < -0.3 is 19.3 Å². The number of benzene rings is 4. The van der Waals surface area contributed by atoms with E-state index in [2.05, 4.69) is 147 Å². The Morgan fingerprint density at radius 2 is 0.763 bits per heavy atom. The second-order valence-electron chi connectivity index (χ2n) is 9.83. The summed E-state index contributed by atoms with van der Waals surface area (Å²) in [6, 6.07) is 38.1. The van der Waals surface area contributed by atoms with Crippen LogP contribution in [0.4, 0.5) is 0 Å². The summed E-state index contributed by atoms with van der Waals surface area (Å²) in [5, 5.41) is 0. The molecule has 0 aliphatic rings. The number of hydrogen-bond acceptors (Lipinski definition) is 4. The van der Waals surface area contributed by atoms with E-state index < -0.39 is 0 Å². The zero-order valence-corrected chi connectivity index (χ0v) is 22.9. The van der Waals surface area contributed by atoms with Crippen LogP contribution in [0.5, 0.6) is 11.5 Å². The number of hydrogen-bond donors (Lipinski definition) is 0. The van der Waals surface area contributed by atoms with Gasteiger partial charge in [0.1, 0.15) is 24.7 Å². The van der Waals surface area contributed by atoms with Gasteiger partial charge in [0, 0.05) is 13.1 Å². The molecule has 0 aliphatic carbocycles. The van der Waals surface area contributed by atoms with Crippen LogP contribution in [-0.4, -0.2) is 64.3 Å². The highest BCUT2D eigenvalue weighted by Crippen LogP contribution is 2.37. The van der Waals surface area contributed by atoms with Crippen molar-refractivity contribution in [2.45, 2.75) is 0 Å². The van der Waals surface area contributed by atoms with E-state index >= 15 is 0 Å². The number of rotatable bonds is 12. The summed E-state index contributed by atoms with van der Waals surface area (Å²) in [5.41, 5.74) is 6.97. The molecule has 38 heavy (non-hydrogen) atoms. The third kappa shape index (κ3) is 7.58. The van der Waals surface area contributed by atoms with Gasteiger partial charge in [-0.2, -0.15) is 0 Å². The Kier molecular flexibility index (Phi) is 9.74. The van der Waals surface area contributed by atoms with Crippen LogP contribution in [0.3, 0.4) is 0 Å². The first kappa shape index (κ1) is 27.2. The van der Waals surface area contributed by atoms with Crippen molar-refractivity contribution in [3.05, 3.63) is 131 Å². The summed E-state index contributed by atoms with van der Waals surface area (Å²) in [6.45, 7) is 3.08. The quantitative estimate of drug-likeness (QED) is 0.203. The molecule has 4 heteroatoms. The molecule has 0 saturated heterocycles. The van der Waals surface area contributed by atoms with Gasteiger partial charge in [-0.15, -0.1) is 0 Å². The maximum absolute atomic E-state index is 5.97. The number of nitrogens with zero attached hydrogens (tertiary/aromatic N) is 2. The van der Waals surface area contributed by atoms with Gasteiger partial charge in [-0.25, -0.2) is 0 Å². The summed E-state index contributed by atoms with van der Waals surface area (Å²) in [4.78, 5) is 4.24. The van der Waals surface area contributed by atoms with Crippen LogP contribution < -0.4 is 9.47 Å². The minimum Gasteiger partial charge on any atom is -0.492 e. The molecule has 0 heterocycles. The van der Waals surface area contributed by atoms with Gasteiger partial charge in [0.05, 0.1) is 0 Å². The summed E-state index contributed by atoms with van der Waals surface area (Å²) in [6.07, 6.45) is 0. The van der Waals surface area contributed by atoms with Gasteiger partial charge >= 0.3 is 0 Å². The molecule has 0 spiro atoms. The lowest BCUT2D eigenvalue weighted by atomic mass is 9.86. The molecular weight excluding hydrogens is 468 g/mol. The van der Waals surface area contributed by atoms with Gasteiger partial charge in [-0.05, 0) is 85.9 Å². The highest BCUT2D eigenvalue weighted by Gasteiger charge is 2.16. The van der Waals surface area contributed by atoms with E-state index in [1.807, 2.05) is 0 Å². The summed E-state index contributed by atoms with van der Waals surface area (Å²) in [5.74, 6) is 1.76. The van der Waals surface area contributed by atoms with E-state index in [1.165, 1.54) is 22.3 Å². The molecular formula is C34H38N2O2. The fraction of sp³-hybridized carbons (Fsp3) is 0.235. The largest absolute Gasteiger partial charge is 0.492 e. The zero-order chi connectivity index (χ0) is 26.7. The van der Waals surface area contributed by atoms with Gasteiger partial charge in [0.15, 0.2) is 0 Å². The first-order valence-electron chi connectivity index (χ1n) is 13.1. The van der Waals surface area contributed by atoms with Crippen LogP contribution in [0.2, 0.25) is 0 Å². The van der Waals surface area contributed by atoms with Gasteiger partial charge in [-0.3, -0.25) is 0 Å². The highest BCUT2D eigenvalue weighted by molar-refractivity contribution is 6.04. The zero-order valence-electron chi connectivity index (χ0n) is 22.9. The molecule has 0 amide bonds. The molecule has 0 fully saturated rings. The molecule has 0 unspecified atom stereocenters. The van der Waals surface area contributed by atoms with Crippen LogP contribution in [0, 0.1) is 0 Å².